The Kier molecular flexibility index (Phi) is 6.08. The molecule has 6 heteroatoms. The van der Waals surface area contributed by atoms with E-state index >= 15 is 0 Å². The van der Waals surface area contributed by atoms with Gasteiger partial charge in [0.25, 0.3) is 5.91 Å². The highest BCUT2D eigenvalue weighted by molar-refractivity contribution is 9.10. The van der Waals surface area contributed by atoms with Crippen molar-refractivity contribution >= 4 is 27.7 Å². The summed E-state index contributed by atoms with van der Waals surface area (Å²) < 4.78 is 2.71. The van der Waals surface area contributed by atoms with Crippen molar-refractivity contribution in [2.45, 2.75) is 33.2 Å². The van der Waals surface area contributed by atoms with Crippen LogP contribution < -0.4 is 10.6 Å². The molecule has 2 N–H and O–H groups in total. The van der Waals surface area contributed by atoms with Gasteiger partial charge in [0, 0.05) is 23.3 Å². The van der Waals surface area contributed by atoms with E-state index < -0.39 is 0 Å². The zero-order chi connectivity index (χ0) is 14.4. The standard InChI is InChI=1S/C13H20BrN3O2/c1-4-5-15-12(18)7-16-13(19)11-6-10(14)8-17(11)9(2)3/h6,8-9H,4-5,7H2,1-3H3,(H,15,18)(H,16,19). The highest BCUT2D eigenvalue weighted by Gasteiger charge is 2.15. The third-order valence-corrected chi connectivity index (χ3v) is 3.02. The number of rotatable bonds is 6. The Hall–Kier alpha value is -1.30. The first-order chi connectivity index (χ1) is 8.95. The molecule has 0 bridgehead atoms. The number of aromatic nitrogens is 1. The highest BCUT2D eigenvalue weighted by atomic mass is 79.9. The Labute approximate surface area is 121 Å². The number of hydrogen-bond acceptors (Lipinski definition) is 2. The predicted molar refractivity (Wildman–Crippen MR) is 78.2 cm³/mol. The number of nitrogens with one attached hydrogen (secondary N) is 2. The van der Waals surface area contributed by atoms with Crippen LogP contribution in [0.15, 0.2) is 16.7 Å². The summed E-state index contributed by atoms with van der Waals surface area (Å²) in [5.41, 5.74) is 0.546. The summed E-state index contributed by atoms with van der Waals surface area (Å²) in [4.78, 5) is 23.4. The van der Waals surface area contributed by atoms with Gasteiger partial charge in [-0.3, -0.25) is 9.59 Å². The lowest BCUT2D eigenvalue weighted by atomic mass is 10.3. The SMILES string of the molecule is CCCNC(=O)CNC(=O)c1cc(Br)cn1C(C)C. The van der Waals surface area contributed by atoms with Gasteiger partial charge in [-0.25, -0.2) is 0 Å². The molecule has 1 heterocycles. The molecule has 0 saturated carbocycles. The third-order valence-electron chi connectivity index (χ3n) is 2.59. The van der Waals surface area contributed by atoms with E-state index in [-0.39, 0.29) is 24.4 Å². The van der Waals surface area contributed by atoms with Crippen LogP contribution in [0.2, 0.25) is 0 Å². The molecule has 1 aromatic rings. The van der Waals surface area contributed by atoms with Crippen molar-refractivity contribution in [3.8, 4) is 0 Å². The molecule has 0 saturated heterocycles. The van der Waals surface area contributed by atoms with Crippen molar-refractivity contribution in [2.24, 2.45) is 0 Å². The average molecular weight is 330 g/mol. The normalized spacial score (nSPS) is 10.6. The van der Waals surface area contributed by atoms with Crippen molar-refractivity contribution in [1.29, 1.82) is 0 Å². The van der Waals surface area contributed by atoms with Gasteiger partial charge >= 0.3 is 0 Å². The second-order valence-corrected chi connectivity index (χ2v) is 5.49. The third kappa shape index (κ3) is 4.70. The minimum absolute atomic E-state index is 0.000270. The molecule has 2 amide bonds. The Morgan fingerprint density at radius 2 is 2.05 bits per heavy atom. The summed E-state index contributed by atoms with van der Waals surface area (Å²) in [6.45, 7) is 6.60. The molecule has 0 spiro atoms. The molecule has 0 atom stereocenters. The first-order valence-corrected chi connectivity index (χ1v) is 7.17. The van der Waals surface area contributed by atoms with Crippen LogP contribution in [0.5, 0.6) is 0 Å². The number of carbonyl (C=O) groups is 2. The average Bonchev–Trinajstić information content (AvgIpc) is 2.75. The van der Waals surface area contributed by atoms with Crippen molar-refractivity contribution in [3.63, 3.8) is 0 Å². The molecule has 0 aliphatic carbocycles. The van der Waals surface area contributed by atoms with E-state index in [1.54, 1.807) is 6.07 Å². The van der Waals surface area contributed by atoms with Gasteiger partial charge in [0.05, 0.1) is 6.54 Å². The molecular weight excluding hydrogens is 310 g/mol. The lowest BCUT2D eigenvalue weighted by Gasteiger charge is -2.12. The fourth-order valence-electron chi connectivity index (χ4n) is 1.63. The summed E-state index contributed by atoms with van der Waals surface area (Å²) in [5.74, 6) is -0.414. The molecule has 0 radical (unpaired) electrons. The lowest BCUT2D eigenvalue weighted by Crippen LogP contribution is -2.37. The summed E-state index contributed by atoms with van der Waals surface area (Å²) in [6.07, 6.45) is 2.74. The first-order valence-electron chi connectivity index (χ1n) is 6.38. The number of amides is 2. The smallest absolute Gasteiger partial charge is 0.268 e. The van der Waals surface area contributed by atoms with Gasteiger partial charge in [0.2, 0.25) is 5.91 Å². The van der Waals surface area contributed by atoms with Crippen LogP contribution in [0.1, 0.15) is 43.7 Å². The zero-order valence-corrected chi connectivity index (χ0v) is 13.1. The van der Waals surface area contributed by atoms with E-state index in [1.807, 2.05) is 31.5 Å². The molecule has 0 aliphatic heterocycles. The fraction of sp³-hybridized carbons (Fsp3) is 0.538. The molecule has 0 aromatic carbocycles. The van der Waals surface area contributed by atoms with Gasteiger partial charge in [-0.2, -0.15) is 0 Å². The largest absolute Gasteiger partial charge is 0.355 e. The number of halogens is 1. The Morgan fingerprint density at radius 3 is 2.63 bits per heavy atom. The maximum atomic E-state index is 12.0. The molecule has 106 valence electrons. The first kappa shape index (κ1) is 15.8. The maximum absolute atomic E-state index is 12.0. The Bertz CT molecular complexity index is 455. The van der Waals surface area contributed by atoms with Crippen LogP contribution in [0.4, 0.5) is 0 Å². The molecule has 5 nitrogen and oxygen atoms in total. The number of hydrogen-bond donors (Lipinski definition) is 2. The monoisotopic (exact) mass is 329 g/mol. The predicted octanol–water partition coefficient (Wildman–Crippen LogP) is 2.09. The van der Waals surface area contributed by atoms with Gasteiger partial charge in [0.15, 0.2) is 0 Å². The van der Waals surface area contributed by atoms with Crippen LogP contribution in [-0.2, 0) is 4.79 Å². The fourth-order valence-corrected chi connectivity index (χ4v) is 2.07. The van der Waals surface area contributed by atoms with E-state index in [9.17, 15) is 9.59 Å². The van der Waals surface area contributed by atoms with Crippen LogP contribution in [0.3, 0.4) is 0 Å². The van der Waals surface area contributed by atoms with Gasteiger partial charge in [-0.15, -0.1) is 0 Å². The van der Waals surface area contributed by atoms with Crippen molar-refractivity contribution in [2.75, 3.05) is 13.1 Å². The lowest BCUT2D eigenvalue weighted by molar-refractivity contribution is -0.120. The second kappa shape index (κ2) is 7.33. The molecular formula is C13H20BrN3O2. The molecule has 19 heavy (non-hydrogen) atoms. The number of nitrogens with zero attached hydrogens (tertiary/aromatic N) is 1. The second-order valence-electron chi connectivity index (χ2n) is 4.58. The molecule has 0 unspecified atom stereocenters. The topological polar surface area (TPSA) is 63.1 Å². The molecule has 0 fully saturated rings. The van der Waals surface area contributed by atoms with Crippen LogP contribution in [0.25, 0.3) is 0 Å². The van der Waals surface area contributed by atoms with E-state index in [4.69, 9.17) is 0 Å². The van der Waals surface area contributed by atoms with E-state index in [0.717, 1.165) is 10.9 Å². The summed E-state index contributed by atoms with van der Waals surface area (Å²) in [6, 6.07) is 1.93. The summed E-state index contributed by atoms with van der Waals surface area (Å²) >= 11 is 3.35. The van der Waals surface area contributed by atoms with E-state index in [0.29, 0.717) is 12.2 Å². The minimum Gasteiger partial charge on any atom is -0.355 e. The van der Waals surface area contributed by atoms with E-state index in [2.05, 4.69) is 26.6 Å². The van der Waals surface area contributed by atoms with Crippen LogP contribution in [0, 0.1) is 0 Å². The Balaban J connectivity index is 2.61. The quantitative estimate of drug-likeness (QED) is 0.839. The van der Waals surface area contributed by atoms with Gasteiger partial charge in [-0.1, -0.05) is 6.92 Å². The zero-order valence-electron chi connectivity index (χ0n) is 11.5. The Morgan fingerprint density at radius 1 is 1.37 bits per heavy atom. The molecule has 1 rings (SSSR count). The maximum Gasteiger partial charge on any atom is 0.268 e. The van der Waals surface area contributed by atoms with E-state index in [1.165, 1.54) is 0 Å². The highest BCUT2D eigenvalue weighted by Crippen LogP contribution is 2.19. The summed E-state index contributed by atoms with van der Waals surface area (Å²) in [7, 11) is 0. The van der Waals surface area contributed by atoms with Crippen molar-refractivity contribution < 1.29 is 9.59 Å². The molecule has 0 aliphatic rings. The minimum atomic E-state index is -0.244. The van der Waals surface area contributed by atoms with Crippen LogP contribution >= 0.6 is 15.9 Å². The van der Waals surface area contributed by atoms with Crippen LogP contribution in [-0.4, -0.2) is 29.5 Å². The molecule has 1 aromatic heterocycles. The van der Waals surface area contributed by atoms with Crippen molar-refractivity contribution in [3.05, 3.63) is 22.4 Å². The van der Waals surface area contributed by atoms with Gasteiger partial charge in [0.1, 0.15) is 5.69 Å². The number of carbonyl (C=O) groups excluding carboxylic acids is 2. The summed E-state index contributed by atoms with van der Waals surface area (Å²) in [5, 5.41) is 5.34. The van der Waals surface area contributed by atoms with Gasteiger partial charge in [-0.05, 0) is 42.3 Å². The van der Waals surface area contributed by atoms with Crippen molar-refractivity contribution in [1.82, 2.24) is 15.2 Å². The van der Waals surface area contributed by atoms with Gasteiger partial charge < -0.3 is 15.2 Å².